The maximum absolute atomic E-state index is 13.2. The standard InChI is InChI=1S/C15H13F2NO/c16-13-4-3-10(6-14(13)17)15(18)9-1-2-11-7-19-8-12(11)5-9/h1-6,15H,7-8,18H2. The Hall–Kier alpha value is -1.78. The molecule has 1 unspecified atom stereocenters. The Balaban J connectivity index is 1.94. The average molecular weight is 261 g/mol. The second kappa shape index (κ2) is 4.72. The minimum atomic E-state index is -0.877. The lowest BCUT2D eigenvalue weighted by atomic mass is 9.96. The van der Waals surface area contributed by atoms with Crippen LogP contribution in [-0.4, -0.2) is 0 Å². The summed E-state index contributed by atoms with van der Waals surface area (Å²) in [5, 5.41) is 0. The van der Waals surface area contributed by atoms with Crippen molar-refractivity contribution in [1.29, 1.82) is 0 Å². The van der Waals surface area contributed by atoms with Crippen molar-refractivity contribution in [3.63, 3.8) is 0 Å². The van der Waals surface area contributed by atoms with E-state index in [1.165, 1.54) is 6.07 Å². The van der Waals surface area contributed by atoms with Gasteiger partial charge in [0.15, 0.2) is 11.6 Å². The summed E-state index contributed by atoms with van der Waals surface area (Å²) in [5.74, 6) is -1.74. The number of benzene rings is 2. The van der Waals surface area contributed by atoms with Gasteiger partial charge in [-0.05, 0) is 34.4 Å². The van der Waals surface area contributed by atoms with E-state index in [0.717, 1.165) is 28.8 Å². The number of ether oxygens (including phenoxy) is 1. The van der Waals surface area contributed by atoms with Crippen molar-refractivity contribution in [3.8, 4) is 0 Å². The maximum Gasteiger partial charge on any atom is 0.159 e. The van der Waals surface area contributed by atoms with Gasteiger partial charge in [-0.15, -0.1) is 0 Å². The van der Waals surface area contributed by atoms with Gasteiger partial charge in [0.1, 0.15) is 0 Å². The third kappa shape index (κ3) is 2.25. The number of hydrogen-bond acceptors (Lipinski definition) is 2. The van der Waals surface area contributed by atoms with Crippen molar-refractivity contribution < 1.29 is 13.5 Å². The quantitative estimate of drug-likeness (QED) is 0.901. The Morgan fingerprint density at radius 2 is 1.58 bits per heavy atom. The molecule has 0 amide bonds. The highest BCUT2D eigenvalue weighted by Gasteiger charge is 2.16. The van der Waals surface area contributed by atoms with Gasteiger partial charge in [0, 0.05) is 0 Å². The van der Waals surface area contributed by atoms with Gasteiger partial charge in [-0.25, -0.2) is 8.78 Å². The molecule has 2 nitrogen and oxygen atoms in total. The molecule has 1 aliphatic heterocycles. The minimum Gasteiger partial charge on any atom is -0.372 e. The Morgan fingerprint density at radius 3 is 2.37 bits per heavy atom. The number of halogens is 2. The smallest absolute Gasteiger partial charge is 0.159 e. The Morgan fingerprint density at radius 1 is 0.895 bits per heavy atom. The average Bonchev–Trinajstić information content (AvgIpc) is 2.88. The molecule has 0 saturated carbocycles. The van der Waals surface area contributed by atoms with Crippen LogP contribution in [0.3, 0.4) is 0 Å². The van der Waals surface area contributed by atoms with Gasteiger partial charge in [0.05, 0.1) is 19.3 Å². The lowest BCUT2D eigenvalue weighted by molar-refractivity contribution is 0.134. The molecule has 2 aromatic rings. The molecule has 19 heavy (non-hydrogen) atoms. The third-order valence-electron chi connectivity index (χ3n) is 3.41. The zero-order valence-electron chi connectivity index (χ0n) is 10.2. The SMILES string of the molecule is NC(c1ccc(F)c(F)c1)c1ccc2c(c1)COC2. The summed E-state index contributed by atoms with van der Waals surface area (Å²) in [6.07, 6.45) is 0. The van der Waals surface area contributed by atoms with Gasteiger partial charge in [0.2, 0.25) is 0 Å². The van der Waals surface area contributed by atoms with Crippen molar-refractivity contribution in [2.45, 2.75) is 19.3 Å². The molecular formula is C15H13F2NO. The highest BCUT2D eigenvalue weighted by Crippen LogP contribution is 2.26. The molecule has 0 bridgehead atoms. The van der Waals surface area contributed by atoms with Gasteiger partial charge >= 0.3 is 0 Å². The van der Waals surface area contributed by atoms with Gasteiger partial charge in [0.25, 0.3) is 0 Å². The van der Waals surface area contributed by atoms with Crippen LogP contribution in [0.5, 0.6) is 0 Å². The maximum atomic E-state index is 13.2. The lowest BCUT2D eigenvalue weighted by Crippen LogP contribution is -2.12. The Kier molecular flexibility index (Phi) is 3.05. The lowest BCUT2D eigenvalue weighted by Gasteiger charge is -2.14. The zero-order valence-corrected chi connectivity index (χ0v) is 10.2. The van der Waals surface area contributed by atoms with Crippen LogP contribution in [0.25, 0.3) is 0 Å². The third-order valence-corrected chi connectivity index (χ3v) is 3.41. The molecule has 2 aromatic carbocycles. The van der Waals surface area contributed by atoms with Crippen LogP contribution in [-0.2, 0) is 18.0 Å². The van der Waals surface area contributed by atoms with Gasteiger partial charge < -0.3 is 10.5 Å². The molecule has 1 aliphatic rings. The van der Waals surface area contributed by atoms with E-state index in [2.05, 4.69) is 0 Å². The summed E-state index contributed by atoms with van der Waals surface area (Å²) in [6.45, 7) is 1.20. The van der Waals surface area contributed by atoms with E-state index in [1.807, 2.05) is 18.2 Å². The first-order valence-corrected chi connectivity index (χ1v) is 6.05. The van der Waals surface area contributed by atoms with Crippen LogP contribution < -0.4 is 5.73 Å². The van der Waals surface area contributed by atoms with Crippen molar-refractivity contribution in [2.24, 2.45) is 5.73 Å². The summed E-state index contributed by atoms with van der Waals surface area (Å²) in [5.41, 5.74) is 9.78. The molecule has 1 atom stereocenters. The second-order valence-corrected chi connectivity index (χ2v) is 4.67. The van der Waals surface area contributed by atoms with Crippen molar-refractivity contribution in [1.82, 2.24) is 0 Å². The van der Waals surface area contributed by atoms with E-state index < -0.39 is 17.7 Å². The molecule has 0 radical (unpaired) electrons. The van der Waals surface area contributed by atoms with Gasteiger partial charge in [-0.2, -0.15) is 0 Å². The predicted octanol–water partition coefficient (Wildman–Crippen LogP) is 3.04. The minimum absolute atomic E-state index is 0.471. The van der Waals surface area contributed by atoms with Crippen LogP contribution in [0, 0.1) is 11.6 Å². The summed E-state index contributed by atoms with van der Waals surface area (Å²) in [7, 11) is 0. The van der Waals surface area contributed by atoms with Crippen molar-refractivity contribution in [2.75, 3.05) is 0 Å². The molecule has 2 N–H and O–H groups in total. The summed E-state index contributed by atoms with van der Waals surface area (Å²) >= 11 is 0. The highest BCUT2D eigenvalue weighted by atomic mass is 19.2. The zero-order chi connectivity index (χ0) is 13.4. The van der Waals surface area contributed by atoms with Crippen LogP contribution in [0.2, 0.25) is 0 Å². The van der Waals surface area contributed by atoms with Crippen LogP contribution in [0.4, 0.5) is 8.78 Å². The van der Waals surface area contributed by atoms with E-state index in [-0.39, 0.29) is 0 Å². The molecule has 0 saturated heterocycles. The molecular weight excluding hydrogens is 248 g/mol. The summed E-state index contributed by atoms with van der Waals surface area (Å²) < 4.78 is 31.5. The first kappa shape index (κ1) is 12.3. The number of nitrogens with two attached hydrogens (primary N) is 1. The fraction of sp³-hybridized carbons (Fsp3) is 0.200. The predicted molar refractivity (Wildman–Crippen MR) is 67.3 cm³/mol. The topological polar surface area (TPSA) is 35.2 Å². The largest absolute Gasteiger partial charge is 0.372 e. The Labute approximate surface area is 109 Å². The number of rotatable bonds is 2. The van der Waals surface area contributed by atoms with Crippen molar-refractivity contribution in [3.05, 3.63) is 70.3 Å². The van der Waals surface area contributed by atoms with E-state index in [1.54, 1.807) is 0 Å². The van der Waals surface area contributed by atoms with Crippen molar-refractivity contribution >= 4 is 0 Å². The monoisotopic (exact) mass is 261 g/mol. The number of fused-ring (bicyclic) bond motifs is 1. The second-order valence-electron chi connectivity index (χ2n) is 4.67. The van der Waals surface area contributed by atoms with E-state index in [9.17, 15) is 8.78 Å². The van der Waals surface area contributed by atoms with Gasteiger partial charge in [-0.3, -0.25) is 0 Å². The molecule has 4 heteroatoms. The van der Waals surface area contributed by atoms with E-state index in [4.69, 9.17) is 10.5 Å². The van der Waals surface area contributed by atoms with Gasteiger partial charge in [-0.1, -0.05) is 24.3 Å². The molecule has 0 aromatic heterocycles. The summed E-state index contributed by atoms with van der Waals surface area (Å²) in [4.78, 5) is 0. The molecule has 0 aliphatic carbocycles. The fourth-order valence-corrected chi connectivity index (χ4v) is 2.28. The van der Waals surface area contributed by atoms with E-state index in [0.29, 0.717) is 18.8 Å². The molecule has 3 rings (SSSR count). The first-order chi connectivity index (χ1) is 9.15. The molecule has 98 valence electrons. The number of hydrogen-bond donors (Lipinski definition) is 1. The highest BCUT2D eigenvalue weighted by molar-refractivity contribution is 5.38. The molecule has 0 spiro atoms. The summed E-state index contributed by atoms with van der Waals surface area (Å²) in [6, 6.07) is 9.11. The molecule has 1 heterocycles. The first-order valence-electron chi connectivity index (χ1n) is 6.05. The fourth-order valence-electron chi connectivity index (χ4n) is 2.28. The van der Waals surface area contributed by atoms with Crippen LogP contribution >= 0.6 is 0 Å². The van der Waals surface area contributed by atoms with Crippen LogP contribution in [0.1, 0.15) is 28.3 Å². The molecule has 0 fully saturated rings. The Bertz CT molecular complexity index is 628. The normalized spacial score (nSPS) is 15.3. The van der Waals surface area contributed by atoms with E-state index >= 15 is 0 Å². The van der Waals surface area contributed by atoms with Crippen LogP contribution in [0.15, 0.2) is 36.4 Å².